The van der Waals surface area contributed by atoms with Crippen molar-refractivity contribution in [3.05, 3.63) is 22.3 Å². The van der Waals surface area contributed by atoms with E-state index in [1.165, 1.54) is 6.07 Å². The first kappa shape index (κ1) is 10.7. The van der Waals surface area contributed by atoms with Gasteiger partial charge in [0, 0.05) is 10.9 Å². The smallest absolute Gasteiger partial charge is 0.266 e. The maximum atomic E-state index is 12.3. The van der Waals surface area contributed by atoms with Gasteiger partial charge in [0.05, 0.1) is 5.56 Å². The molecule has 0 radical (unpaired) electrons. The molecule has 1 heterocycles. The zero-order valence-corrected chi connectivity index (χ0v) is 8.74. The molecule has 0 unspecified atom stereocenters. The minimum atomic E-state index is -2.63. The Morgan fingerprint density at radius 2 is 2.23 bits per heavy atom. The number of halogens is 4. The van der Waals surface area contributed by atoms with Crippen LogP contribution in [0.3, 0.4) is 0 Å². The van der Waals surface area contributed by atoms with Gasteiger partial charge in [-0.15, -0.1) is 0 Å². The Morgan fingerprint density at radius 1 is 1.62 bits per heavy atom. The fraction of sp³-hybridized carbons (Fsp3) is 0.286. The highest BCUT2D eigenvalue weighted by atomic mass is 79.9. The van der Waals surface area contributed by atoms with E-state index in [4.69, 9.17) is 17.3 Å². The van der Waals surface area contributed by atoms with Gasteiger partial charge in [0.25, 0.3) is 6.43 Å². The first-order valence-corrected chi connectivity index (χ1v) is 4.85. The SMILES string of the molecule is Nc1nc(Cl)c(C(F)F)cc1CBr. The van der Waals surface area contributed by atoms with Crippen LogP contribution in [0.1, 0.15) is 17.6 Å². The molecule has 0 saturated heterocycles. The van der Waals surface area contributed by atoms with Crippen molar-refractivity contribution in [1.29, 1.82) is 0 Å². The monoisotopic (exact) mass is 270 g/mol. The predicted octanol–water partition coefficient (Wildman–Crippen LogP) is 3.15. The lowest BCUT2D eigenvalue weighted by molar-refractivity contribution is 0.151. The van der Waals surface area contributed by atoms with E-state index < -0.39 is 6.43 Å². The Balaban J connectivity index is 3.22. The Morgan fingerprint density at radius 3 is 2.69 bits per heavy atom. The first-order chi connectivity index (χ1) is 6.06. The second kappa shape index (κ2) is 4.19. The van der Waals surface area contributed by atoms with Crippen LogP contribution >= 0.6 is 27.5 Å². The number of pyridine rings is 1. The molecule has 1 aromatic rings. The number of nitrogens with zero attached hydrogens (tertiary/aromatic N) is 1. The van der Waals surface area contributed by atoms with E-state index in [1.807, 2.05) is 0 Å². The number of anilines is 1. The van der Waals surface area contributed by atoms with Crippen LogP contribution in [0.5, 0.6) is 0 Å². The fourth-order valence-corrected chi connectivity index (χ4v) is 1.50. The zero-order chi connectivity index (χ0) is 10.0. The minimum Gasteiger partial charge on any atom is -0.383 e. The third kappa shape index (κ3) is 2.28. The Bertz CT molecular complexity index is 320. The van der Waals surface area contributed by atoms with Crippen molar-refractivity contribution < 1.29 is 8.78 Å². The largest absolute Gasteiger partial charge is 0.383 e. The molecule has 0 aliphatic heterocycles. The maximum Gasteiger partial charge on any atom is 0.266 e. The van der Waals surface area contributed by atoms with E-state index in [-0.39, 0.29) is 16.5 Å². The highest BCUT2D eigenvalue weighted by molar-refractivity contribution is 9.08. The Hall–Kier alpha value is -0.420. The van der Waals surface area contributed by atoms with E-state index >= 15 is 0 Å². The maximum absolute atomic E-state index is 12.3. The van der Waals surface area contributed by atoms with Gasteiger partial charge >= 0.3 is 0 Å². The quantitative estimate of drug-likeness (QED) is 0.663. The average Bonchev–Trinajstić information content (AvgIpc) is 2.03. The lowest BCUT2D eigenvalue weighted by Crippen LogP contribution is -2.00. The summed E-state index contributed by atoms with van der Waals surface area (Å²) in [5, 5.41) is 0.139. The van der Waals surface area contributed by atoms with Gasteiger partial charge in [0.1, 0.15) is 11.0 Å². The second-order valence-electron chi connectivity index (χ2n) is 2.35. The Kier molecular flexibility index (Phi) is 3.44. The summed E-state index contributed by atoms with van der Waals surface area (Å²) in [6.07, 6.45) is -2.63. The number of nitrogens with two attached hydrogens (primary N) is 1. The summed E-state index contributed by atoms with van der Waals surface area (Å²) in [6, 6.07) is 1.25. The highest BCUT2D eigenvalue weighted by Gasteiger charge is 2.15. The molecule has 0 amide bonds. The molecule has 1 aromatic heterocycles. The predicted molar refractivity (Wildman–Crippen MR) is 51.2 cm³/mol. The molecule has 13 heavy (non-hydrogen) atoms. The van der Waals surface area contributed by atoms with Crippen molar-refractivity contribution in [2.75, 3.05) is 5.73 Å². The molecule has 0 saturated carbocycles. The van der Waals surface area contributed by atoms with Gasteiger partial charge in [-0.2, -0.15) is 0 Å². The molecule has 2 nitrogen and oxygen atoms in total. The van der Waals surface area contributed by atoms with Crippen molar-refractivity contribution in [3.8, 4) is 0 Å². The summed E-state index contributed by atoms with van der Waals surface area (Å²) in [5.74, 6) is 0.172. The Labute approximate surface area is 87.2 Å². The second-order valence-corrected chi connectivity index (χ2v) is 3.27. The molecule has 1 rings (SSSR count). The van der Waals surface area contributed by atoms with Gasteiger partial charge in [-0.05, 0) is 6.07 Å². The van der Waals surface area contributed by atoms with Crippen LogP contribution in [0.25, 0.3) is 0 Å². The number of nitrogen functional groups attached to an aromatic ring is 1. The fourth-order valence-electron chi connectivity index (χ4n) is 0.823. The van der Waals surface area contributed by atoms with Gasteiger partial charge in [-0.25, -0.2) is 13.8 Å². The van der Waals surface area contributed by atoms with E-state index in [9.17, 15) is 8.78 Å². The third-order valence-corrected chi connectivity index (χ3v) is 2.40. The van der Waals surface area contributed by atoms with Crippen LogP contribution in [0, 0.1) is 0 Å². The van der Waals surface area contributed by atoms with Crippen LogP contribution in [0.15, 0.2) is 6.07 Å². The lowest BCUT2D eigenvalue weighted by Gasteiger charge is -2.06. The summed E-state index contributed by atoms with van der Waals surface area (Å²) in [7, 11) is 0. The van der Waals surface area contributed by atoms with Gasteiger partial charge in [0.2, 0.25) is 0 Å². The number of hydrogen-bond acceptors (Lipinski definition) is 2. The molecule has 0 spiro atoms. The van der Waals surface area contributed by atoms with Crippen LogP contribution in [0.2, 0.25) is 5.15 Å². The van der Waals surface area contributed by atoms with Gasteiger partial charge in [-0.3, -0.25) is 0 Å². The number of alkyl halides is 3. The number of aromatic nitrogens is 1. The molecule has 0 aliphatic carbocycles. The van der Waals surface area contributed by atoms with Crippen molar-refractivity contribution in [3.63, 3.8) is 0 Å². The minimum absolute atomic E-state index is 0.172. The summed E-state index contributed by atoms with van der Waals surface area (Å²) < 4.78 is 24.6. The standard InChI is InChI=1S/C7H6BrClF2N2/c8-2-3-1-4(6(10)11)5(9)13-7(3)12/h1,6H,2H2,(H2,12,13). The number of rotatable bonds is 2. The van der Waals surface area contributed by atoms with E-state index in [0.29, 0.717) is 10.9 Å². The van der Waals surface area contributed by atoms with E-state index in [1.54, 1.807) is 0 Å². The van der Waals surface area contributed by atoms with E-state index in [0.717, 1.165) is 0 Å². The molecule has 0 bridgehead atoms. The molecule has 0 fully saturated rings. The highest BCUT2D eigenvalue weighted by Crippen LogP contribution is 2.29. The summed E-state index contributed by atoms with van der Waals surface area (Å²) in [5.41, 5.74) is 5.66. The average molecular weight is 271 g/mol. The first-order valence-electron chi connectivity index (χ1n) is 3.35. The molecule has 72 valence electrons. The van der Waals surface area contributed by atoms with Gasteiger partial charge in [-0.1, -0.05) is 27.5 Å². The molecule has 6 heteroatoms. The summed E-state index contributed by atoms with van der Waals surface area (Å²) >= 11 is 8.58. The molecular formula is C7H6BrClF2N2. The topological polar surface area (TPSA) is 38.9 Å². The van der Waals surface area contributed by atoms with Gasteiger partial charge < -0.3 is 5.73 Å². The molecule has 0 aromatic carbocycles. The van der Waals surface area contributed by atoms with E-state index in [2.05, 4.69) is 20.9 Å². The normalized spacial score (nSPS) is 10.8. The van der Waals surface area contributed by atoms with Crippen molar-refractivity contribution in [1.82, 2.24) is 4.98 Å². The van der Waals surface area contributed by atoms with Crippen LogP contribution < -0.4 is 5.73 Å². The van der Waals surface area contributed by atoms with Gasteiger partial charge in [0.15, 0.2) is 0 Å². The molecular weight excluding hydrogens is 265 g/mol. The van der Waals surface area contributed by atoms with Crippen molar-refractivity contribution in [2.45, 2.75) is 11.8 Å². The lowest BCUT2D eigenvalue weighted by atomic mass is 10.2. The summed E-state index contributed by atoms with van der Waals surface area (Å²) in [4.78, 5) is 3.60. The van der Waals surface area contributed by atoms with Crippen molar-refractivity contribution in [2.24, 2.45) is 0 Å². The van der Waals surface area contributed by atoms with Crippen LogP contribution in [-0.2, 0) is 5.33 Å². The molecule has 2 N–H and O–H groups in total. The number of hydrogen-bond donors (Lipinski definition) is 1. The third-order valence-electron chi connectivity index (χ3n) is 1.49. The van der Waals surface area contributed by atoms with Crippen molar-refractivity contribution >= 4 is 33.3 Å². The van der Waals surface area contributed by atoms with Crippen LogP contribution in [-0.4, -0.2) is 4.98 Å². The molecule has 0 aliphatic rings. The zero-order valence-electron chi connectivity index (χ0n) is 6.40. The van der Waals surface area contributed by atoms with Crippen LogP contribution in [0.4, 0.5) is 14.6 Å². The molecule has 0 atom stereocenters. The summed E-state index contributed by atoms with van der Waals surface area (Å²) in [6.45, 7) is 0.